The molecule has 3 N–H and O–H groups in total. The molecule has 0 saturated carbocycles. The molecule has 0 fully saturated rings. The molecule has 0 aliphatic heterocycles. The van der Waals surface area contributed by atoms with E-state index in [1.807, 2.05) is 24.3 Å². The van der Waals surface area contributed by atoms with E-state index in [0.29, 0.717) is 0 Å². The summed E-state index contributed by atoms with van der Waals surface area (Å²) in [5, 5.41) is 2.54. The van der Waals surface area contributed by atoms with Crippen LogP contribution in [0.5, 0.6) is 0 Å². The van der Waals surface area contributed by atoms with Crippen LogP contribution in [-0.2, 0) is 10.3 Å². The van der Waals surface area contributed by atoms with Gasteiger partial charge in [0, 0.05) is 11.5 Å². The number of nitrogens with two attached hydrogens (primary N) is 1. The van der Waals surface area contributed by atoms with Gasteiger partial charge in [-0.05, 0) is 24.6 Å². The minimum atomic E-state index is -0.977. The first kappa shape index (κ1) is 11.2. The van der Waals surface area contributed by atoms with Crippen molar-refractivity contribution in [2.24, 2.45) is 5.73 Å². The van der Waals surface area contributed by atoms with Crippen LogP contribution in [-0.4, -0.2) is 13.0 Å². The van der Waals surface area contributed by atoms with Gasteiger partial charge in [0.05, 0.1) is 0 Å². The first-order valence-electron chi connectivity index (χ1n) is 4.25. The molecule has 0 heterocycles. The van der Waals surface area contributed by atoms with Crippen LogP contribution in [0.3, 0.4) is 0 Å². The Kier molecular flexibility index (Phi) is 3.29. The summed E-state index contributed by atoms with van der Waals surface area (Å²) in [5.74, 6) is -0.195. The van der Waals surface area contributed by atoms with Gasteiger partial charge < -0.3 is 11.1 Å². The zero-order valence-electron chi connectivity index (χ0n) is 8.17. The molecule has 3 nitrogen and oxygen atoms in total. The summed E-state index contributed by atoms with van der Waals surface area (Å²) < 4.78 is 0.967. The number of carbonyl (C=O) groups is 1. The lowest BCUT2D eigenvalue weighted by Crippen LogP contribution is -2.47. The second-order valence-corrected chi connectivity index (χ2v) is 4.20. The van der Waals surface area contributed by atoms with Crippen LogP contribution in [0.4, 0.5) is 0 Å². The number of rotatable bonds is 2. The van der Waals surface area contributed by atoms with E-state index in [0.717, 1.165) is 10.0 Å². The van der Waals surface area contributed by atoms with E-state index in [1.165, 1.54) is 0 Å². The van der Waals surface area contributed by atoms with Crippen molar-refractivity contribution >= 4 is 21.8 Å². The molecule has 1 rings (SSSR count). The van der Waals surface area contributed by atoms with Crippen LogP contribution in [0.25, 0.3) is 0 Å². The number of hydrogen-bond acceptors (Lipinski definition) is 2. The third-order valence-corrected chi connectivity index (χ3v) is 2.67. The Balaban J connectivity index is 3.03. The smallest absolute Gasteiger partial charge is 0.244 e. The molecular formula is C10H13BrN2O. The molecule has 0 bridgehead atoms. The largest absolute Gasteiger partial charge is 0.357 e. The third kappa shape index (κ3) is 2.13. The minimum Gasteiger partial charge on any atom is -0.357 e. The van der Waals surface area contributed by atoms with Crippen LogP contribution < -0.4 is 11.1 Å². The summed E-state index contributed by atoms with van der Waals surface area (Å²) >= 11 is 3.32. The number of nitrogens with one attached hydrogen (secondary N) is 1. The topological polar surface area (TPSA) is 55.1 Å². The van der Waals surface area contributed by atoms with Gasteiger partial charge in [-0.25, -0.2) is 0 Å². The number of hydrogen-bond donors (Lipinski definition) is 2. The van der Waals surface area contributed by atoms with E-state index in [1.54, 1.807) is 14.0 Å². The van der Waals surface area contributed by atoms with Crippen LogP contribution in [0, 0.1) is 0 Å². The molecular weight excluding hydrogens is 244 g/mol. The fourth-order valence-corrected chi connectivity index (χ4v) is 1.45. The molecule has 1 aromatic carbocycles. The lowest BCUT2D eigenvalue weighted by molar-refractivity contribution is -0.125. The van der Waals surface area contributed by atoms with Crippen molar-refractivity contribution in [3.05, 3.63) is 34.3 Å². The molecule has 0 aliphatic carbocycles. The van der Waals surface area contributed by atoms with Crippen LogP contribution in [0.2, 0.25) is 0 Å². The van der Waals surface area contributed by atoms with Gasteiger partial charge in [0.2, 0.25) is 5.91 Å². The Hall–Kier alpha value is -0.870. The Labute approximate surface area is 91.8 Å². The van der Waals surface area contributed by atoms with Crippen LogP contribution >= 0.6 is 15.9 Å². The molecule has 0 saturated heterocycles. The molecule has 0 aliphatic rings. The number of benzene rings is 1. The summed E-state index contributed by atoms with van der Waals surface area (Å²) in [7, 11) is 1.58. The SMILES string of the molecule is CNC(=O)C(C)(N)c1ccc(Br)cc1. The fourth-order valence-electron chi connectivity index (χ4n) is 1.19. The molecule has 0 aromatic heterocycles. The second-order valence-electron chi connectivity index (χ2n) is 3.29. The summed E-state index contributed by atoms with van der Waals surface area (Å²) in [4.78, 5) is 11.5. The Morgan fingerprint density at radius 1 is 1.43 bits per heavy atom. The number of carbonyl (C=O) groups excluding carboxylic acids is 1. The number of likely N-dealkylation sites (N-methyl/N-ethyl adjacent to an activating group) is 1. The average molecular weight is 257 g/mol. The number of halogens is 1. The lowest BCUT2D eigenvalue weighted by Gasteiger charge is -2.22. The van der Waals surface area contributed by atoms with E-state index in [4.69, 9.17) is 5.73 Å². The van der Waals surface area contributed by atoms with Gasteiger partial charge in [-0.2, -0.15) is 0 Å². The molecule has 0 radical (unpaired) electrons. The van der Waals surface area contributed by atoms with Gasteiger partial charge in [0.25, 0.3) is 0 Å². The first-order chi connectivity index (χ1) is 6.48. The zero-order chi connectivity index (χ0) is 10.8. The highest BCUT2D eigenvalue weighted by molar-refractivity contribution is 9.10. The van der Waals surface area contributed by atoms with E-state index >= 15 is 0 Å². The fraction of sp³-hybridized carbons (Fsp3) is 0.300. The average Bonchev–Trinajstić information content (AvgIpc) is 2.17. The van der Waals surface area contributed by atoms with Gasteiger partial charge >= 0.3 is 0 Å². The quantitative estimate of drug-likeness (QED) is 0.840. The highest BCUT2D eigenvalue weighted by atomic mass is 79.9. The molecule has 1 unspecified atom stereocenters. The normalized spacial score (nSPS) is 14.6. The van der Waals surface area contributed by atoms with Crippen molar-refractivity contribution < 1.29 is 4.79 Å². The maximum Gasteiger partial charge on any atom is 0.244 e. The van der Waals surface area contributed by atoms with Crippen molar-refractivity contribution in [3.63, 3.8) is 0 Å². The van der Waals surface area contributed by atoms with Crippen molar-refractivity contribution in [2.75, 3.05) is 7.05 Å². The third-order valence-electron chi connectivity index (χ3n) is 2.14. The van der Waals surface area contributed by atoms with Crippen molar-refractivity contribution in [1.82, 2.24) is 5.32 Å². The van der Waals surface area contributed by atoms with Gasteiger partial charge in [0.1, 0.15) is 5.54 Å². The first-order valence-corrected chi connectivity index (χ1v) is 5.05. The molecule has 0 spiro atoms. The second kappa shape index (κ2) is 4.11. The molecule has 14 heavy (non-hydrogen) atoms. The van der Waals surface area contributed by atoms with E-state index in [2.05, 4.69) is 21.2 Å². The van der Waals surface area contributed by atoms with Gasteiger partial charge in [0.15, 0.2) is 0 Å². The summed E-state index contributed by atoms with van der Waals surface area (Å²) in [6.45, 7) is 1.69. The maximum absolute atomic E-state index is 11.5. The minimum absolute atomic E-state index is 0.195. The Morgan fingerprint density at radius 2 is 1.93 bits per heavy atom. The molecule has 4 heteroatoms. The molecule has 1 atom stereocenters. The van der Waals surface area contributed by atoms with E-state index in [9.17, 15) is 4.79 Å². The van der Waals surface area contributed by atoms with Crippen molar-refractivity contribution in [3.8, 4) is 0 Å². The maximum atomic E-state index is 11.5. The molecule has 1 aromatic rings. The lowest BCUT2D eigenvalue weighted by atomic mass is 9.92. The molecule has 1 amide bonds. The van der Waals surface area contributed by atoms with Crippen molar-refractivity contribution in [1.29, 1.82) is 0 Å². The number of amides is 1. The van der Waals surface area contributed by atoms with Gasteiger partial charge in [-0.3, -0.25) is 4.79 Å². The van der Waals surface area contributed by atoms with Crippen LogP contribution in [0.15, 0.2) is 28.7 Å². The Bertz CT molecular complexity index is 332. The zero-order valence-corrected chi connectivity index (χ0v) is 9.76. The van der Waals surface area contributed by atoms with Gasteiger partial charge in [-0.1, -0.05) is 28.1 Å². The van der Waals surface area contributed by atoms with Crippen LogP contribution in [0.1, 0.15) is 12.5 Å². The Morgan fingerprint density at radius 3 is 2.36 bits per heavy atom. The monoisotopic (exact) mass is 256 g/mol. The summed E-state index contributed by atoms with van der Waals surface area (Å²) in [6, 6.07) is 7.39. The van der Waals surface area contributed by atoms with Crippen molar-refractivity contribution in [2.45, 2.75) is 12.5 Å². The predicted molar refractivity (Wildman–Crippen MR) is 59.7 cm³/mol. The summed E-state index contributed by atoms with van der Waals surface area (Å²) in [6.07, 6.45) is 0. The highest BCUT2D eigenvalue weighted by Crippen LogP contribution is 2.20. The predicted octanol–water partition coefficient (Wildman–Crippen LogP) is 1.37. The summed E-state index contributed by atoms with van der Waals surface area (Å²) in [5.41, 5.74) is 5.73. The highest BCUT2D eigenvalue weighted by Gasteiger charge is 2.29. The van der Waals surface area contributed by atoms with E-state index < -0.39 is 5.54 Å². The van der Waals surface area contributed by atoms with E-state index in [-0.39, 0.29) is 5.91 Å². The standard InChI is InChI=1S/C10H13BrN2O/c1-10(12,9(14)13-2)7-3-5-8(11)6-4-7/h3-6H,12H2,1-2H3,(H,13,14). The molecule has 76 valence electrons. The van der Waals surface area contributed by atoms with Gasteiger partial charge in [-0.15, -0.1) is 0 Å².